The van der Waals surface area contributed by atoms with Gasteiger partial charge in [-0.1, -0.05) is 36.9 Å². The molecule has 2 rings (SSSR count). The molecule has 0 saturated carbocycles. The first kappa shape index (κ1) is 14.8. The predicted octanol–water partition coefficient (Wildman–Crippen LogP) is 1.77. The van der Waals surface area contributed by atoms with E-state index in [9.17, 15) is 15.3 Å². The monoisotopic (exact) mass is 291 g/mol. The summed E-state index contributed by atoms with van der Waals surface area (Å²) in [6, 6.07) is 8.66. The van der Waals surface area contributed by atoms with Gasteiger partial charge in [-0.2, -0.15) is 0 Å². The normalized spacial score (nSPS) is 12.0. The summed E-state index contributed by atoms with van der Waals surface area (Å²) >= 11 is 0. The first-order valence-electron chi connectivity index (χ1n) is 6.62. The zero-order valence-corrected chi connectivity index (χ0v) is 11.9. The molecule has 1 aromatic carbocycles. The topological polar surface area (TPSA) is 98.5 Å². The second-order valence-electron chi connectivity index (χ2n) is 4.98. The molecule has 21 heavy (non-hydrogen) atoms. The molecule has 1 heterocycles. The molecule has 0 radical (unpaired) electrons. The molecule has 112 valence electrons. The van der Waals surface area contributed by atoms with Gasteiger partial charge >= 0.3 is 5.82 Å². The number of hydrogen-bond donors (Lipinski definition) is 1. The zero-order valence-electron chi connectivity index (χ0n) is 11.9. The highest BCUT2D eigenvalue weighted by atomic mass is 16.6. The molecule has 1 N–H and O–H groups in total. The van der Waals surface area contributed by atoms with Crippen LogP contribution < -0.4 is 5.49 Å². The summed E-state index contributed by atoms with van der Waals surface area (Å²) < 4.78 is 0. The quantitative estimate of drug-likeness (QED) is 0.515. The van der Waals surface area contributed by atoms with Crippen molar-refractivity contribution in [2.24, 2.45) is 10.9 Å². The van der Waals surface area contributed by atoms with Crippen molar-refractivity contribution >= 4 is 5.82 Å². The van der Waals surface area contributed by atoms with Crippen LogP contribution in [-0.2, 0) is 0 Å². The highest BCUT2D eigenvalue weighted by Gasteiger charge is 2.23. The van der Waals surface area contributed by atoms with Crippen LogP contribution in [0.1, 0.15) is 20.3 Å². The minimum Gasteiger partial charge on any atom is -0.409 e. The SMILES string of the molecule is CC(C)CCN=c1c([N+](=O)[O-])nn(-c2ccccc2)n1O. The first-order valence-corrected chi connectivity index (χ1v) is 6.62. The first-order chi connectivity index (χ1) is 10.0. The Kier molecular flexibility index (Phi) is 4.36. The Morgan fingerprint density at radius 1 is 1.38 bits per heavy atom. The molecule has 2 aromatic rings. The average Bonchev–Trinajstić information content (AvgIpc) is 2.77. The number of nitro groups is 1. The maximum absolute atomic E-state index is 11.1. The number of aromatic nitrogens is 3. The number of nitrogens with zero attached hydrogens (tertiary/aromatic N) is 5. The third-order valence-electron chi connectivity index (χ3n) is 2.89. The molecule has 0 atom stereocenters. The zero-order chi connectivity index (χ0) is 15.4. The highest BCUT2D eigenvalue weighted by Crippen LogP contribution is 2.07. The third-order valence-corrected chi connectivity index (χ3v) is 2.89. The van der Waals surface area contributed by atoms with E-state index in [0.717, 1.165) is 11.2 Å². The van der Waals surface area contributed by atoms with Crippen molar-refractivity contribution in [1.82, 2.24) is 14.7 Å². The smallest absolute Gasteiger partial charge is 0.409 e. The van der Waals surface area contributed by atoms with Crippen LogP contribution in [0.4, 0.5) is 5.82 Å². The van der Waals surface area contributed by atoms with E-state index in [1.165, 1.54) is 0 Å². The summed E-state index contributed by atoms with van der Waals surface area (Å²) in [6.07, 6.45) is 0.771. The molecular weight excluding hydrogens is 274 g/mol. The van der Waals surface area contributed by atoms with Crippen molar-refractivity contribution in [3.8, 4) is 5.69 Å². The molecule has 1 aromatic heterocycles. The Labute approximate surface area is 121 Å². The van der Waals surface area contributed by atoms with Crippen LogP contribution in [0.3, 0.4) is 0 Å². The maximum Gasteiger partial charge on any atom is 0.438 e. The maximum atomic E-state index is 11.1. The van der Waals surface area contributed by atoms with Crippen LogP contribution in [0.25, 0.3) is 5.69 Å². The summed E-state index contributed by atoms with van der Waals surface area (Å²) in [5, 5.41) is 25.0. The van der Waals surface area contributed by atoms with Gasteiger partial charge in [-0.05, 0) is 34.2 Å². The van der Waals surface area contributed by atoms with E-state index in [0.29, 0.717) is 23.0 Å². The van der Waals surface area contributed by atoms with E-state index in [2.05, 4.69) is 10.1 Å². The van der Waals surface area contributed by atoms with Crippen LogP contribution in [0, 0.1) is 16.0 Å². The van der Waals surface area contributed by atoms with E-state index in [4.69, 9.17) is 0 Å². The van der Waals surface area contributed by atoms with Crippen LogP contribution in [0.2, 0.25) is 0 Å². The van der Waals surface area contributed by atoms with Crippen molar-refractivity contribution < 1.29 is 10.1 Å². The number of para-hydroxylation sites is 1. The van der Waals surface area contributed by atoms with Gasteiger partial charge in [-0.3, -0.25) is 4.99 Å². The van der Waals surface area contributed by atoms with Gasteiger partial charge in [0, 0.05) is 6.54 Å². The molecule has 8 nitrogen and oxygen atoms in total. The molecule has 0 aliphatic carbocycles. The fraction of sp³-hybridized carbons (Fsp3) is 0.385. The second kappa shape index (κ2) is 6.21. The molecular formula is C13H17N5O3. The Hall–Kier alpha value is -2.64. The second-order valence-corrected chi connectivity index (χ2v) is 4.98. The Morgan fingerprint density at radius 3 is 2.62 bits per heavy atom. The highest BCUT2D eigenvalue weighted by molar-refractivity contribution is 5.29. The number of hydrogen-bond acceptors (Lipinski definition) is 5. The standard InChI is InChI=1S/C13H17N5O3/c1-10(2)8-9-14-12-13(18(20)21)15-16(17(12)19)11-6-4-3-5-7-11/h3-7,10,19H,8-9H2,1-2H3. The fourth-order valence-corrected chi connectivity index (χ4v) is 1.77. The van der Waals surface area contributed by atoms with E-state index in [1.54, 1.807) is 30.3 Å². The Morgan fingerprint density at radius 2 is 2.05 bits per heavy atom. The van der Waals surface area contributed by atoms with Crippen LogP contribution in [-0.4, -0.2) is 31.4 Å². The van der Waals surface area contributed by atoms with Gasteiger partial charge in [0.2, 0.25) is 0 Å². The molecule has 0 amide bonds. The minimum absolute atomic E-state index is 0.149. The molecule has 0 spiro atoms. The molecule has 0 fully saturated rings. The van der Waals surface area contributed by atoms with Gasteiger partial charge in [0.1, 0.15) is 5.69 Å². The van der Waals surface area contributed by atoms with Gasteiger partial charge in [0.25, 0.3) is 5.49 Å². The van der Waals surface area contributed by atoms with Crippen molar-refractivity contribution in [3.63, 3.8) is 0 Å². The van der Waals surface area contributed by atoms with Crippen molar-refractivity contribution in [2.75, 3.05) is 6.54 Å². The Balaban J connectivity index is 2.49. The van der Waals surface area contributed by atoms with Crippen LogP contribution in [0.5, 0.6) is 0 Å². The van der Waals surface area contributed by atoms with Crippen LogP contribution >= 0.6 is 0 Å². The lowest BCUT2D eigenvalue weighted by Gasteiger charge is -2.00. The summed E-state index contributed by atoms with van der Waals surface area (Å²) in [6.45, 7) is 4.45. The molecule has 0 saturated heterocycles. The van der Waals surface area contributed by atoms with E-state index >= 15 is 0 Å². The predicted molar refractivity (Wildman–Crippen MR) is 75.3 cm³/mol. The van der Waals surface area contributed by atoms with Crippen molar-refractivity contribution in [3.05, 3.63) is 45.9 Å². The Bertz CT molecular complexity index is 688. The third kappa shape index (κ3) is 3.28. The van der Waals surface area contributed by atoms with Crippen LogP contribution in [0.15, 0.2) is 35.3 Å². The van der Waals surface area contributed by atoms with Gasteiger partial charge < -0.3 is 15.3 Å². The summed E-state index contributed by atoms with van der Waals surface area (Å²) in [7, 11) is 0. The lowest BCUT2D eigenvalue weighted by atomic mass is 10.1. The number of benzene rings is 1. The van der Waals surface area contributed by atoms with Crippen molar-refractivity contribution in [1.29, 1.82) is 0 Å². The lowest BCUT2D eigenvalue weighted by molar-refractivity contribution is -0.391. The molecule has 8 heteroatoms. The van der Waals surface area contributed by atoms with Crippen molar-refractivity contribution in [2.45, 2.75) is 20.3 Å². The summed E-state index contributed by atoms with van der Waals surface area (Å²) in [4.78, 5) is 16.2. The number of rotatable bonds is 5. The minimum atomic E-state index is -0.652. The largest absolute Gasteiger partial charge is 0.438 e. The summed E-state index contributed by atoms with van der Waals surface area (Å²) in [5.41, 5.74) is 0.359. The van der Waals surface area contributed by atoms with E-state index in [-0.39, 0.29) is 5.49 Å². The van der Waals surface area contributed by atoms with Gasteiger partial charge in [0.15, 0.2) is 0 Å². The molecule has 0 bridgehead atoms. The molecule has 0 aliphatic heterocycles. The van der Waals surface area contributed by atoms with E-state index < -0.39 is 10.7 Å². The van der Waals surface area contributed by atoms with E-state index in [1.807, 2.05) is 13.8 Å². The van der Waals surface area contributed by atoms with Gasteiger partial charge in [-0.25, -0.2) is 0 Å². The average molecular weight is 291 g/mol. The molecule has 0 aliphatic rings. The summed E-state index contributed by atoms with van der Waals surface area (Å²) in [5.74, 6) is -0.0470. The van der Waals surface area contributed by atoms with Gasteiger partial charge in [-0.15, -0.1) is 0 Å². The van der Waals surface area contributed by atoms with Gasteiger partial charge in [0.05, 0.1) is 5.10 Å². The molecule has 0 unspecified atom stereocenters. The lowest BCUT2D eigenvalue weighted by Crippen LogP contribution is -2.22. The fourth-order valence-electron chi connectivity index (χ4n) is 1.77.